The molecule has 0 saturated carbocycles. The predicted molar refractivity (Wildman–Crippen MR) is 74.6 cm³/mol. The highest BCUT2D eigenvalue weighted by Gasteiger charge is 2.24. The molecule has 2 rings (SSSR count). The van der Waals surface area contributed by atoms with Gasteiger partial charge in [0.25, 0.3) is 0 Å². The molecule has 3 heteroatoms. The van der Waals surface area contributed by atoms with E-state index in [-0.39, 0.29) is 5.82 Å². The lowest BCUT2D eigenvalue weighted by Crippen LogP contribution is -2.53. The maximum atomic E-state index is 13.9. The zero-order valence-electron chi connectivity index (χ0n) is 11.5. The van der Waals surface area contributed by atoms with Crippen molar-refractivity contribution in [3.8, 4) is 0 Å². The molecule has 1 fully saturated rings. The van der Waals surface area contributed by atoms with E-state index in [9.17, 15) is 4.39 Å². The van der Waals surface area contributed by atoms with E-state index in [0.717, 1.165) is 37.3 Å². The highest BCUT2D eigenvalue weighted by atomic mass is 19.1. The van der Waals surface area contributed by atoms with E-state index < -0.39 is 0 Å². The Morgan fingerprint density at radius 2 is 2.28 bits per heavy atom. The summed E-state index contributed by atoms with van der Waals surface area (Å²) in [6.07, 6.45) is 1.15. The lowest BCUT2D eigenvalue weighted by Gasteiger charge is -2.38. The fourth-order valence-electron chi connectivity index (χ4n) is 2.53. The summed E-state index contributed by atoms with van der Waals surface area (Å²) in [5.41, 5.74) is 1.87. The second-order valence-corrected chi connectivity index (χ2v) is 5.35. The number of halogens is 1. The number of hydrogen-bond donors (Lipinski definition) is 1. The minimum Gasteiger partial charge on any atom is -0.366 e. The van der Waals surface area contributed by atoms with Gasteiger partial charge >= 0.3 is 0 Å². The number of nitrogens with one attached hydrogen (secondary N) is 1. The molecular weight excluding hydrogens is 227 g/mol. The van der Waals surface area contributed by atoms with Crippen LogP contribution >= 0.6 is 0 Å². The van der Waals surface area contributed by atoms with Crippen LogP contribution in [0.5, 0.6) is 0 Å². The number of aryl methyl sites for hydroxylation is 1. The standard InChI is InChI=1S/C15H23FN2/c1-4-12(3)14-10-18(8-7-17-14)15-9-11(2)5-6-13(15)16/h5-6,9,12,14,17H,4,7-8,10H2,1-3H3. The molecule has 0 radical (unpaired) electrons. The Morgan fingerprint density at radius 3 is 3.00 bits per heavy atom. The van der Waals surface area contributed by atoms with Crippen LogP contribution in [-0.4, -0.2) is 25.7 Å². The Balaban J connectivity index is 2.15. The summed E-state index contributed by atoms with van der Waals surface area (Å²) in [6.45, 7) is 9.19. The summed E-state index contributed by atoms with van der Waals surface area (Å²) >= 11 is 0. The summed E-state index contributed by atoms with van der Waals surface area (Å²) in [7, 11) is 0. The Labute approximate surface area is 109 Å². The molecule has 18 heavy (non-hydrogen) atoms. The summed E-state index contributed by atoms with van der Waals surface area (Å²) in [4.78, 5) is 2.18. The number of piperazine rings is 1. The molecular formula is C15H23FN2. The smallest absolute Gasteiger partial charge is 0.146 e. The molecule has 0 aliphatic carbocycles. The van der Waals surface area contributed by atoms with Crippen molar-refractivity contribution in [2.75, 3.05) is 24.5 Å². The van der Waals surface area contributed by atoms with Crippen LogP contribution in [0.15, 0.2) is 18.2 Å². The average Bonchev–Trinajstić information content (AvgIpc) is 2.40. The molecule has 2 unspecified atom stereocenters. The maximum absolute atomic E-state index is 13.9. The Hall–Kier alpha value is -1.09. The lowest BCUT2D eigenvalue weighted by molar-refractivity contribution is 0.340. The Morgan fingerprint density at radius 1 is 1.50 bits per heavy atom. The third-order valence-corrected chi connectivity index (χ3v) is 3.98. The average molecular weight is 250 g/mol. The second-order valence-electron chi connectivity index (χ2n) is 5.35. The fourth-order valence-corrected chi connectivity index (χ4v) is 2.53. The monoisotopic (exact) mass is 250 g/mol. The normalized spacial score (nSPS) is 22.0. The van der Waals surface area contributed by atoms with E-state index in [4.69, 9.17) is 0 Å². The van der Waals surface area contributed by atoms with Crippen LogP contribution in [-0.2, 0) is 0 Å². The van der Waals surface area contributed by atoms with Gasteiger partial charge in [-0.3, -0.25) is 0 Å². The van der Waals surface area contributed by atoms with Crippen molar-refractivity contribution in [2.45, 2.75) is 33.2 Å². The molecule has 1 aliphatic heterocycles. The van der Waals surface area contributed by atoms with E-state index >= 15 is 0 Å². The molecule has 1 aromatic rings. The predicted octanol–water partition coefficient (Wildman–Crippen LogP) is 2.96. The summed E-state index contributed by atoms with van der Waals surface area (Å²) in [5, 5.41) is 3.54. The minimum absolute atomic E-state index is 0.106. The topological polar surface area (TPSA) is 15.3 Å². The van der Waals surface area contributed by atoms with E-state index in [2.05, 4.69) is 24.1 Å². The van der Waals surface area contributed by atoms with Gasteiger partial charge in [-0.15, -0.1) is 0 Å². The third-order valence-electron chi connectivity index (χ3n) is 3.98. The van der Waals surface area contributed by atoms with E-state index in [1.54, 1.807) is 6.07 Å². The number of hydrogen-bond acceptors (Lipinski definition) is 2. The van der Waals surface area contributed by atoms with Gasteiger partial charge in [0.2, 0.25) is 0 Å². The zero-order valence-corrected chi connectivity index (χ0v) is 11.5. The van der Waals surface area contributed by atoms with Crippen LogP contribution in [0.1, 0.15) is 25.8 Å². The van der Waals surface area contributed by atoms with Crippen molar-refractivity contribution in [3.05, 3.63) is 29.6 Å². The molecule has 1 aliphatic rings. The van der Waals surface area contributed by atoms with Gasteiger partial charge in [-0.2, -0.15) is 0 Å². The van der Waals surface area contributed by atoms with Crippen molar-refractivity contribution in [2.24, 2.45) is 5.92 Å². The van der Waals surface area contributed by atoms with Gasteiger partial charge in [0.05, 0.1) is 5.69 Å². The van der Waals surface area contributed by atoms with Crippen LogP contribution in [0.4, 0.5) is 10.1 Å². The van der Waals surface area contributed by atoms with E-state index in [0.29, 0.717) is 12.0 Å². The molecule has 100 valence electrons. The quantitative estimate of drug-likeness (QED) is 0.887. The molecule has 1 aromatic carbocycles. The minimum atomic E-state index is -0.106. The van der Waals surface area contributed by atoms with Crippen LogP contribution in [0.3, 0.4) is 0 Å². The molecule has 1 heterocycles. The molecule has 0 aromatic heterocycles. The molecule has 1 N–H and O–H groups in total. The Bertz CT molecular complexity index is 405. The lowest BCUT2D eigenvalue weighted by atomic mass is 9.97. The van der Waals surface area contributed by atoms with Crippen molar-refractivity contribution in [3.63, 3.8) is 0 Å². The van der Waals surface area contributed by atoms with Crippen LogP contribution in [0, 0.1) is 18.7 Å². The van der Waals surface area contributed by atoms with Crippen molar-refractivity contribution < 1.29 is 4.39 Å². The first-order chi connectivity index (χ1) is 8.61. The summed E-state index contributed by atoms with van der Waals surface area (Å²) < 4.78 is 13.9. The molecule has 2 nitrogen and oxygen atoms in total. The van der Waals surface area contributed by atoms with Gasteiger partial charge in [0, 0.05) is 25.7 Å². The molecule has 0 amide bonds. The van der Waals surface area contributed by atoms with Crippen molar-refractivity contribution in [1.82, 2.24) is 5.32 Å². The van der Waals surface area contributed by atoms with Gasteiger partial charge in [-0.25, -0.2) is 4.39 Å². The van der Waals surface area contributed by atoms with Gasteiger partial charge in [-0.05, 0) is 30.5 Å². The van der Waals surface area contributed by atoms with Crippen molar-refractivity contribution >= 4 is 5.69 Å². The molecule has 0 spiro atoms. The molecule has 0 bridgehead atoms. The van der Waals surface area contributed by atoms with Gasteiger partial charge in [0.1, 0.15) is 5.82 Å². The summed E-state index contributed by atoms with van der Waals surface area (Å²) in [5.74, 6) is 0.520. The number of anilines is 1. The van der Waals surface area contributed by atoms with E-state index in [1.165, 1.54) is 0 Å². The molecule has 2 atom stereocenters. The first-order valence-corrected chi connectivity index (χ1v) is 6.86. The van der Waals surface area contributed by atoms with Gasteiger partial charge in [-0.1, -0.05) is 26.3 Å². The highest BCUT2D eigenvalue weighted by molar-refractivity contribution is 5.50. The number of nitrogens with zero attached hydrogens (tertiary/aromatic N) is 1. The van der Waals surface area contributed by atoms with Gasteiger partial charge in [0.15, 0.2) is 0 Å². The van der Waals surface area contributed by atoms with Crippen LogP contribution < -0.4 is 10.2 Å². The largest absolute Gasteiger partial charge is 0.366 e. The first-order valence-electron chi connectivity index (χ1n) is 6.86. The zero-order chi connectivity index (χ0) is 13.1. The SMILES string of the molecule is CCC(C)C1CN(c2cc(C)ccc2F)CCN1. The van der Waals surface area contributed by atoms with Crippen LogP contribution in [0.2, 0.25) is 0 Å². The number of rotatable bonds is 3. The fraction of sp³-hybridized carbons (Fsp3) is 0.600. The highest BCUT2D eigenvalue weighted by Crippen LogP contribution is 2.23. The van der Waals surface area contributed by atoms with Crippen molar-refractivity contribution in [1.29, 1.82) is 0 Å². The summed E-state index contributed by atoms with van der Waals surface area (Å²) in [6, 6.07) is 5.82. The second kappa shape index (κ2) is 5.70. The third kappa shape index (κ3) is 2.83. The maximum Gasteiger partial charge on any atom is 0.146 e. The first kappa shape index (κ1) is 13.3. The Kier molecular flexibility index (Phi) is 4.23. The van der Waals surface area contributed by atoms with Gasteiger partial charge < -0.3 is 10.2 Å². The number of benzene rings is 1. The van der Waals surface area contributed by atoms with E-state index in [1.807, 2.05) is 19.1 Å². The van der Waals surface area contributed by atoms with Crippen LogP contribution in [0.25, 0.3) is 0 Å². The molecule has 1 saturated heterocycles.